The maximum absolute atomic E-state index is 12.8. The van der Waals surface area contributed by atoms with Crippen LogP contribution in [-0.2, 0) is 10.0 Å². The van der Waals surface area contributed by atoms with Crippen LogP contribution in [0.5, 0.6) is 0 Å². The van der Waals surface area contributed by atoms with Crippen molar-refractivity contribution in [1.82, 2.24) is 9.29 Å². The zero-order valence-electron chi connectivity index (χ0n) is 12.2. The first kappa shape index (κ1) is 15.4. The predicted octanol–water partition coefficient (Wildman–Crippen LogP) is 2.47. The summed E-state index contributed by atoms with van der Waals surface area (Å²) in [6.45, 7) is 5.23. The zero-order valence-corrected chi connectivity index (χ0v) is 13.1. The number of aryl methyl sites for hydroxylation is 1. The molecule has 0 bridgehead atoms. The number of benzene rings is 1. The van der Waals surface area contributed by atoms with Crippen LogP contribution >= 0.6 is 0 Å². The Morgan fingerprint density at radius 3 is 2.67 bits per heavy atom. The van der Waals surface area contributed by atoms with E-state index in [1.165, 1.54) is 4.31 Å². The van der Waals surface area contributed by atoms with Crippen LogP contribution in [0.1, 0.15) is 19.4 Å². The zero-order chi connectivity index (χ0) is 15.6. The number of fused-ring (bicyclic) bond motifs is 1. The summed E-state index contributed by atoms with van der Waals surface area (Å²) in [5.41, 5.74) is 1.58. The monoisotopic (exact) mass is 303 g/mol. The third-order valence-corrected chi connectivity index (χ3v) is 5.40. The van der Waals surface area contributed by atoms with Gasteiger partial charge in [0.25, 0.3) is 0 Å². The minimum atomic E-state index is -3.73. The summed E-state index contributed by atoms with van der Waals surface area (Å²) in [4.78, 5) is 4.45. The smallest absolute Gasteiger partial charge is 0.244 e. The Morgan fingerprint density at radius 2 is 2.05 bits per heavy atom. The summed E-state index contributed by atoms with van der Waals surface area (Å²) in [6, 6.07) is 8.41. The predicted molar refractivity (Wildman–Crippen MR) is 81.1 cm³/mol. The Kier molecular flexibility index (Phi) is 4.26. The topological polar surface area (TPSA) is 74.1 Å². The van der Waals surface area contributed by atoms with Gasteiger partial charge in [0.1, 0.15) is 6.54 Å². The lowest BCUT2D eigenvalue weighted by molar-refractivity contribution is 0.386. The molecule has 0 radical (unpaired) electrons. The highest BCUT2D eigenvalue weighted by atomic mass is 32.2. The minimum Gasteiger partial charge on any atom is -0.256 e. The summed E-state index contributed by atoms with van der Waals surface area (Å²) >= 11 is 0. The van der Waals surface area contributed by atoms with E-state index in [0.717, 1.165) is 5.56 Å². The first-order valence-corrected chi connectivity index (χ1v) is 8.06. The molecule has 6 heteroatoms. The van der Waals surface area contributed by atoms with E-state index in [1.54, 1.807) is 44.3 Å². The summed E-state index contributed by atoms with van der Waals surface area (Å²) in [5.74, 6) is 0. The van der Waals surface area contributed by atoms with E-state index >= 15 is 0 Å². The summed E-state index contributed by atoms with van der Waals surface area (Å²) in [7, 11) is -3.73. The van der Waals surface area contributed by atoms with Crippen molar-refractivity contribution in [2.75, 3.05) is 6.54 Å². The highest BCUT2D eigenvalue weighted by molar-refractivity contribution is 7.89. The van der Waals surface area contributed by atoms with Gasteiger partial charge in [0.15, 0.2) is 0 Å². The number of nitrogens with zero attached hydrogens (tertiary/aromatic N) is 3. The number of hydrogen-bond acceptors (Lipinski definition) is 4. The summed E-state index contributed by atoms with van der Waals surface area (Å²) < 4.78 is 26.9. The van der Waals surface area contributed by atoms with Crippen LogP contribution in [0.4, 0.5) is 0 Å². The average molecular weight is 303 g/mol. The third-order valence-electron chi connectivity index (χ3n) is 3.32. The quantitative estimate of drug-likeness (QED) is 0.813. The minimum absolute atomic E-state index is 0.171. The van der Waals surface area contributed by atoms with Crippen LogP contribution in [0.3, 0.4) is 0 Å². The molecule has 21 heavy (non-hydrogen) atoms. The van der Waals surface area contributed by atoms with Crippen molar-refractivity contribution in [3.63, 3.8) is 0 Å². The van der Waals surface area contributed by atoms with Crippen molar-refractivity contribution in [2.45, 2.75) is 31.7 Å². The van der Waals surface area contributed by atoms with E-state index in [2.05, 4.69) is 4.98 Å². The van der Waals surface area contributed by atoms with Gasteiger partial charge < -0.3 is 0 Å². The molecule has 0 fully saturated rings. The van der Waals surface area contributed by atoms with E-state index in [9.17, 15) is 8.42 Å². The molecular weight excluding hydrogens is 286 g/mol. The summed E-state index contributed by atoms with van der Waals surface area (Å²) in [5, 5.41) is 9.47. The van der Waals surface area contributed by atoms with Crippen molar-refractivity contribution in [1.29, 1.82) is 5.26 Å². The Hall–Kier alpha value is -1.97. The van der Waals surface area contributed by atoms with Gasteiger partial charge in [-0.25, -0.2) is 8.42 Å². The SMILES string of the molecule is Cc1ccc(S(=O)(=O)N(CC#N)C(C)C)c2cccnc12. The Bertz CT molecular complexity index is 807. The molecule has 0 aliphatic carbocycles. The maximum atomic E-state index is 12.8. The number of pyridine rings is 1. The van der Waals surface area contributed by atoms with Crippen molar-refractivity contribution in [2.24, 2.45) is 0 Å². The molecule has 5 nitrogen and oxygen atoms in total. The first-order valence-electron chi connectivity index (χ1n) is 6.62. The maximum Gasteiger partial charge on any atom is 0.244 e. The fourth-order valence-electron chi connectivity index (χ4n) is 2.25. The van der Waals surface area contributed by atoms with E-state index in [1.807, 2.05) is 13.0 Å². The molecular formula is C15H17N3O2S. The van der Waals surface area contributed by atoms with Crippen LogP contribution in [0, 0.1) is 18.3 Å². The summed E-state index contributed by atoms with van der Waals surface area (Å²) in [6.07, 6.45) is 1.64. The standard InChI is InChI=1S/C15H17N3O2S/c1-11(2)18(10-8-16)21(19,20)14-7-6-12(3)15-13(14)5-4-9-17-15/h4-7,9,11H,10H2,1-3H3. The lowest BCUT2D eigenvalue weighted by Gasteiger charge is -2.24. The van der Waals surface area contributed by atoms with Gasteiger partial charge in [-0.05, 0) is 44.5 Å². The van der Waals surface area contributed by atoms with Crippen molar-refractivity contribution in [3.8, 4) is 6.07 Å². The van der Waals surface area contributed by atoms with Crippen molar-refractivity contribution in [3.05, 3.63) is 36.0 Å². The highest BCUT2D eigenvalue weighted by Crippen LogP contribution is 2.27. The number of rotatable bonds is 4. The fraction of sp³-hybridized carbons (Fsp3) is 0.333. The molecule has 110 valence electrons. The average Bonchev–Trinajstić information content (AvgIpc) is 2.44. The molecule has 0 saturated carbocycles. The molecule has 0 N–H and O–H groups in total. The van der Waals surface area contributed by atoms with Crippen LogP contribution in [0.2, 0.25) is 0 Å². The molecule has 0 aliphatic heterocycles. The van der Waals surface area contributed by atoms with Crippen molar-refractivity contribution >= 4 is 20.9 Å². The van der Waals surface area contributed by atoms with Gasteiger partial charge in [-0.1, -0.05) is 6.07 Å². The Morgan fingerprint density at radius 1 is 1.33 bits per heavy atom. The van der Waals surface area contributed by atoms with E-state index < -0.39 is 10.0 Å². The normalized spacial score (nSPS) is 12.0. The van der Waals surface area contributed by atoms with Gasteiger partial charge in [-0.3, -0.25) is 4.98 Å². The van der Waals surface area contributed by atoms with E-state index in [4.69, 9.17) is 5.26 Å². The van der Waals surface area contributed by atoms with Gasteiger partial charge in [0.05, 0.1) is 16.5 Å². The van der Waals surface area contributed by atoms with Gasteiger partial charge >= 0.3 is 0 Å². The largest absolute Gasteiger partial charge is 0.256 e. The molecule has 0 unspecified atom stereocenters. The fourth-order valence-corrected chi connectivity index (χ4v) is 3.97. The number of hydrogen-bond donors (Lipinski definition) is 0. The molecule has 1 aromatic carbocycles. The molecule has 1 heterocycles. The molecule has 0 spiro atoms. The number of aromatic nitrogens is 1. The third kappa shape index (κ3) is 2.75. The molecule has 2 aromatic rings. The van der Waals surface area contributed by atoms with E-state index in [-0.39, 0.29) is 17.5 Å². The van der Waals surface area contributed by atoms with Gasteiger partial charge in [-0.2, -0.15) is 9.57 Å². The highest BCUT2D eigenvalue weighted by Gasteiger charge is 2.28. The molecule has 1 aromatic heterocycles. The van der Waals surface area contributed by atoms with Gasteiger partial charge in [0.2, 0.25) is 10.0 Å². The van der Waals surface area contributed by atoms with Gasteiger partial charge in [-0.15, -0.1) is 0 Å². The molecule has 2 rings (SSSR count). The second-order valence-electron chi connectivity index (χ2n) is 5.08. The van der Waals surface area contributed by atoms with Crippen LogP contribution in [0.25, 0.3) is 10.9 Å². The molecule has 0 saturated heterocycles. The van der Waals surface area contributed by atoms with Crippen LogP contribution in [-0.4, -0.2) is 30.3 Å². The number of nitriles is 1. The molecule has 0 amide bonds. The lowest BCUT2D eigenvalue weighted by atomic mass is 10.1. The molecule has 0 aliphatic rings. The lowest BCUT2D eigenvalue weighted by Crippen LogP contribution is -2.37. The number of sulfonamides is 1. The Labute approximate surface area is 124 Å². The van der Waals surface area contributed by atoms with Crippen molar-refractivity contribution < 1.29 is 8.42 Å². The Balaban J connectivity index is 2.71. The second kappa shape index (κ2) is 5.80. The second-order valence-corrected chi connectivity index (χ2v) is 6.94. The van der Waals surface area contributed by atoms with Crippen LogP contribution in [0.15, 0.2) is 35.4 Å². The van der Waals surface area contributed by atoms with Gasteiger partial charge in [0, 0.05) is 17.6 Å². The first-order chi connectivity index (χ1) is 9.89. The van der Waals surface area contributed by atoms with E-state index in [0.29, 0.717) is 10.9 Å². The molecule has 0 atom stereocenters. The van der Waals surface area contributed by atoms with Crippen LogP contribution < -0.4 is 0 Å².